The monoisotopic (exact) mass is 310 g/mol. The van der Waals surface area contributed by atoms with E-state index < -0.39 is 0 Å². The molecule has 1 amide bonds. The molecule has 0 atom stereocenters. The van der Waals surface area contributed by atoms with Crippen LogP contribution in [0.2, 0.25) is 0 Å². The fourth-order valence-corrected chi connectivity index (χ4v) is 3.67. The largest absolute Gasteiger partial charge is 0.382 e. The van der Waals surface area contributed by atoms with Crippen LogP contribution in [0.1, 0.15) is 49.7 Å². The molecule has 0 bridgehead atoms. The van der Waals surface area contributed by atoms with E-state index in [4.69, 9.17) is 5.73 Å². The molecule has 1 saturated carbocycles. The normalized spacial score (nSPS) is 14.8. The van der Waals surface area contributed by atoms with Crippen molar-refractivity contribution in [3.05, 3.63) is 4.88 Å². The van der Waals surface area contributed by atoms with Crippen LogP contribution in [-0.4, -0.2) is 42.0 Å². The van der Waals surface area contributed by atoms with Gasteiger partial charge in [0.2, 0.25) is 0 Å². The maximum absolute atomic E-state index is 12.7. The fourth-order valence-electron chi connectivity index (χ4n) is 2.59. The van der Waals surface area contributed by atoms with Gasteiger partial charge in [-0.25, -0.2) is 4.98 Å². The van der Waals surface area contributed by atoms with Crippen LogP contribution in [0.25, 0.3) is 0 Å². The van der Waals surface area contributed by atoms with Crippen LogP contribution >= 0.6 is 11.3 Å². The number of aromatic nitrogens is 1. The SMILES string of the molecule is CCN(CC1CCC1)C(=O)c1sc(N(CC)CC)nc1N. The van der Waals surface area contributed by atoms with Gasteiger partial charge in [-0.1, -0.05) is 17.8 Å². The summed E-state index contributed by atoms with van der Waals surface area (Å²) < 4.78 is 0. The predicted molar refractivity (Wildman–Crippen MR) is 89.0 cm³/mol. The number of amides is 1. The maximum atomic E-state index is 12.7. The lowest BCUT2D eigenvalue weighted by atomic mass is 9.85. The Kier molecular flexibility index (Phi) is 5.45. The summed E-state index contributed by atoms with van der Waals surface area (Å²) in [6.07, 6.45) is 3.78. The Labute approximate surface area is 131 Å². The Morgan fingerprint density at radius 1 is 1.29 bits per heavy atom. The van der Waals surface area contributed by atoms with Gasteiger partial charge in [-0.05, 0) is 39.5 Å². The van der Waals surface area contributed by atoms with Gasteiger partial charge in [-0.2, -0.15) is 0 Å². The number of nitrogens with two attached hydrogens (primary N) is 1. The molecule has 5 nitrogen and oxygen atoms in total. The third-order valence-electron chi connectivity index (χ3n) is 4.24. The molecule has 21 heavy (non-hydrogen) atoms. The Morgan fingerprint density at radius 2 is 1.95 bits per heavy atom. The first kappa shape index (κ1) is 16.1. The van der Waals surface area contributed by atoms with Crippen molar-refractivity contribution in [2.24, 2.45) is 5.92 Å². The van der Waals surface area contributed by atoms with E-state index in [0.29, 0.717) is 16.6 Å². The first-order valence-electron chi connectivity index (χ1n) is 7.91. The molecule has 1 aromatic heterocycles. The van der Waals surface area contributed by atoms with Gasteiger partial charge in [0.25, 0.3) is 5.91 Å². The minimum absolute atomic E-state index is 0.0396. The van der Waals surface area contributed by atoms with Gasteiger partial charge >= 0.3 is 0 Å². The summed E-state index contributed by atoms with van der Waals surface area (Å²) in [5.41, 5.74) is 5.98. The zero-order valence-electron chi connectivity index (χ0n) is 13.3. The molecule has 0 aromatic carbocycles. The Hall–Kier alpha value is -1.30. The molecular weight excluding hydrogens is 284 g/mol. The molecular formula is C15H26N4OS. The van der Waals surface area contributed by atoms with Crippen molar-refractivity contribution >= 4 is 28.2 Å². The molecule has 0 spiro atoms. The van der Waals surface area contributed by atoms with Crippen molar-refractivity contribution in [3.63, 3.8) is 0 Å². The zero-order valence-corrected chi connectivity index (χ0v) is 14.1. The van der Waals surface area contributed by atoms with Crippen molar-refractivity contribution in [2.45, 2.75) is 40.0 Å². The lowest BCUT2D eigenvalue weighted by Crippen LogP contribution is -2.37. The highest BCUT2D eigenvalue weighted by molar-refractivity contribution is 7.18. The molecule has 1 heterocycles. The molecule has 1 fully saturated rings. The van der Waals surface area contributed by atoms with Crippen molar-refractivity contribution in [3.8, 4) is 0 Å². The smallest absolute Gasteiger partial charge is 0.267 e. The van der Waals surface area contributed by atoms with E-state index in [1.807, 2.05) is 11.8 Å². The molecule has 0 aliphatic heterocycles. The molecule has 1 aliphatic carbocycles. The predicted octanol–water partition coefficient (Wildman–Crippen LogP) is 2.83. The van der Waals surface area contributed by atoms with E-state index in [-0.39, 0.29) is 5.91 Å². The molecule has 2 rings (SSSR count). The van der Waals surface area contributed by atoms with Gasteiger partial charge in [0.05, 0.1) is 0 Å². The molecule has 0 radical (unpaired) electrons. The number of carbonyl (C=O) groups excluding carboxylic acids is 1. The maximum Gasteiger partial charge on any atom is 0.267 e. The third kappa shape index (κ3) is 3.48. The third-order valence-corrected chi connectivity index (χ3v) is 5.36. The average molecular weight is 310 g/mol. The minimum Gasteiger partial charge on any atom is -0.382 e. The molecule has 1 aromatic rings. The van der Waals surface area contributed by atoms with E-state index in [2.05, 4.69) is 23.7 Å². The van der Waals surface area contributed by atoms with E-state index in [1.165, 1.54) is 30.6 Å². The topological polar surface area (TPSA) is 62.5 Å². The van der Waals surface area contributed by atoms with Gasteiger partial charge in [-0.15, -0.1) is 0 Å². The first-order chi connectivity index (χ1) is 10.1. The first-order valence-corrected chi connectivity index (χ1v) is 8.72. The Bertz CT molecular complexity index is 480. The number of hydrogen-bond donors (Lipinski definition) is 1. The van der Waals surface area contributed by atoms with E-state index >= 15 is 0 Å². The minimum atomic E-state index is 0.0396. The molecule has 1 aliphatic rings. The van der Waals surface area contributed by atoms with Gasteiger partial charge in [0.1, 0.15) is 10.7 Å². The quantitative estimate of drug-likeness (QED) is 0.841. The fraction of sp³-hybridized carbons (Fsp3) is 0.733. The second-order valence-electron chi connectivity index (χ2n) is 5.52. The van der Waals surface area contributed by atoms with Crippen LogP contribution in [-0.2, 0) is 0 Å². The molecule has 0 saturated heterocycles. The highest BCUT2D eigenvalue weighted by Gasteiger charge is 2.26. The second kappa shape index (κ2) is 7.11. The van der Waals surface area contributed by atoms with E-state index in [0.717, 1.165) is 31.3 Å². The lowest BCUT2D eigenvalue weighted by molar-refractivity contribution is 0.0712. The van der Waals surface area contributed by atoms with E-state index in [1.54, 1.807) is 0 Å². The summed E-state index contributed by atoms with van der Waals surface area (Å²) in [6.45, 7) is 9.52. The van der Waals surface area contributed by atoms with Gasteiger partial charge in [-0.3, -0.25) is 4.79 Å². The van der Waals surface area contributed by atoms with Crippen LogP contribution in [0, 0.1) is 5.92 Å². The van der Waals surface area contributed by atoms with Crippen molar-refractivity contribution in [1.82, 2.24) is 9.88 Å². The molecule has 118 valence electrons. The number of anilines is 2. The molecule has 6 heteroatoms. The van der Waals surface area contributed by atoms with Crippen molar-refractivity contribution in [1.29, 1.82) is 0 Å². The highest BCUT2D eigenvalue weighted by Crippen LogP contribution is 2.31. The number of nitrogen functional groups attached to an aromatic ring is 1. The van der Waals surface area contributed by atoms with Crippen LogP contribution in [0.3, 0.4) is 0 Å². The number of carbonyl (C=O) groups is 1. The Morgan fingerprint density at radius 3 is 2.43 bits per heavy atom. The lowest BCUT2D eigenvalue weighted by Gasteiger charge is -2.31. The van der Waals surface area contributed by atoms with Crippen molar-refractivity contribution in [2.75, 3.05) is 36.8 Å². The van der Waals surface area contributed by atoms with Crippen LogP contribution < -0.4 is 10.6 Å². The Balaban J connectivity index is 2.13. The summed E-state index contributed by atoms with van der Waals surface area (Å²) in [5, 5.41) is 0.848. The zero-order chi connectivity index (χ0) is 15.4. The van der Waals surface area contributed by atoms with Crippen LogP contribution in [0.4, 0.5) is 10.9 Å². The van der Waals surface area contributed by atoms with Crippen molar-refractivity contribution < 1.29 is 4.79 Å². The average Bonchev–Trinajstić information content (AvgIpc) is 2.80. The van der Waals surface area contributed by atoms with Gasteiger partial charge < -0.3 is 15.5 Å². The van der Waals surface area contributed by atoms with Crippen LogP contribution in [0.15, 0.2) is 0 Å². The molecule has 2 N–H and O–H groups in total. The number of nitrogens with zero attached hydrogens (tertiary/aromatic N) is 3. The summed E-state index contributed by atoms with van der Waals surface area (Å²) in [7, 11) is 0. The standard InChI is InChI=1S/C15H26N4OS/c1-4-18(5-2)15-17-13(16)12(21-15)14(20)19(6-3)10-11-8-7-9-11/h11H,4-10,16H2,1-3H3. The second-order valence-corrected chi connectivity index (χ2v) is 6.50. The number of thiazole rings is 1. The number of hydrogen-bond acceptors (Lipinski definition) is 5. The highest BCUT2D eigenvalue weighted by atomic mass is 32.1. The van der Waals surface area contributed by atoms with Gasteiger partial charge in [0, 0.05) is 26.2 Å². The summed E-state index contributed by atoms with van der Waals surface area (Å²) in [6, 6.07) is 0. The van der Waals surface area contributed by atoms with E-state index in [9.17, 15) is 4.79 Å². The molecule has 0 unspecified atom stereocenters. The summed E-state index contributed by atoms with van der Waals surface area (Å²) in [5.74, 6) is 1.09. The van der Waals surface area contributed by atoms with Crippen LogP contribution in [0.5, 0.6) is 0 Å². The van der Waals surface area contributed by atoms with Gasteiger partial charge in [0.15, 0.2) is 5.13 Å². The summed E-state index contributed by atoms with van der Waals surface area (Å²) in [4.78, 5) is 21.7. The number of rotatable bonds is 7. The summed E-state index contributed by atoms with van der Waals surface area (Å²) >= 11 is 1.42.